The van der Waals surface area contributed by atoms with E-state index in [-0.39, 0.29) is 11.3 Å². The lowest BCUT2D eigenvalue weighted by Crippen LogP contribution is -2.35. The molecule has 2 unspecified atom stereocenters. The second-order valence-corrected chi connectivity index (χ2v) is 10.7. The molecule has 3 rings (SSSR count). The number of H-pyrrole nitrogens is 1. The molecular weight excluding hydrogens is 396 g/mol. The van der Waals surface area contributed by atoms with E-state index >= 15 is 0 Å². The molecule has 0 radical (unpaired) electrons. The number of nitrogens with one attached hydrogen (secondary N) is 2. The predicted octanol–water partition coefficient (Wildman–Crippen LogP) is 3.00. The molecule has 9 heteroatoms. The molecule has 2 aromatic heterocycles. The highest BCUT2D eigenvalue weighted by atomic mass is 32.2. The van der Waals surface area contributed by atoms with Crippen molar-refractivity contribution in [2.75, 3.05) is 5.32 Å². The maximum absolute atomic E-state index is 12.7. The largest absolute Gasteiger partial charge is 0.441 e. The van der Waals surface area contributed by atoms with Gasteiger partial charge >= 0.3 is 10.7 Å². The number of hydrogen-bond donors (Lipinski definition) is 2. The quantitative estimate of drug-likeness (QED) is 0.584. The Morgan fingerprint density at radius 3 is 2.79 bits per heavy atom. The lowest BCUT2D eigenvalue weighted by molar-refractivity contribution is -0.772. The molecule has 0 aromatic carbocycles. The molecule has 2 aromatic rings. The number of thioether (sulfide) groups is 1. The predicted molar refractivity (Wildman–Crippen MR) is 108 cm³/mol. The van der Waals surface area contributed by atoms with Crippen molar-refractivity contribution >= 4 is 34.0 Å². The smallest absolute Gasteiger partial charge is 0.316 e. The standard InChI is InChI=1S/C19H24N4O3S2/c1-10(27-17-18(25)26-22-23(17)5)15(24)21-16-13(9-20)12-7-6-11(19(2,3)4)8-14(12)28-16/h10-11H,6-8H2,1-5H3,(H-,21,22,24,25)/p+1. The number of aromatic nitrogens is 2. The Hall–Kier alpha value is -2.05. The number of aryl methyl sites for hydroxylation is 1. The van der Waals surface area contributed by atoms with Crippen LogP contribution >= 0.6 is 23.1 Å². The van der Waals surface area contributed by atoms with Crippen molar-refractivity contribution in [3.63, 3.8) is 0 Å². The van der Waals surface area contributed by atoms with Crippen molar-refractivity contribution in [3.8, 4) is 6.07 Å². The lowest BCUT2D eigenvalue weighted by Gasteiger charge is -2.33. The maximum atomic E-state index is 12.7. The summed E-state index contributed by atoms with van der Waals surface area (Å²) in [5.74, 6) is 0.323. The van der Waals surface area contributed by atoms with Crippen molar-refractivity contribution in [1.29, 1.82) is 5.26 Å². The molecule has 2 atom stereocenters. The molecule has 0 fully saturated rings. The lowest BCUT2D eigenvalue weighted by atomic mass is 9.72. The van der Waals surface area contributed by atoms with Crippen LogP contribution in [0.1, 0.15) is 50.1 Å². The number of aromatic amines is 1. The third-order valence-electron chi connectivity index (χ3n) is 5.25. The van der Waals surface area contributed by atoms with Gasteiger partial charge in [0.05, 0.1) is 10.8 Å². The summed E-state index contributed by atoms with van der Waals surface area (Å²) in [6.45, 7) is 8.48. The van der Waals surface area contributed by atoms with Gasteiger partial charge in [0.25, 0.3) is 0 Å². The first kappa shape index (κ1) is 20.7. The Labute approximate surface area is 172 Å². The number of carbonyl (C=O) groups excluding carboxylic acids is 1. The van der Waals surface area contributed by atoms with Crippen LogP contribution in [0.15, 0.2) is 14.3 Å². The second-order valence-electron chi connectivity index (χ2n) is 8.22. The number of anilines is 1. The maximum Gasteiger partial charge on any atom is 0.441 e. The molecule has 0 saturated carbocycles. The van der Waals surface area contributed by atoms with Gasteiger partial charge in [-0.05, 0) is 60.1 Å². The number of amides is 1. The van der Waals surface area contributed by atoms with Crippen LogP contribution in [0, 0.1) is 22.7 Å². The molecule has 150 valence electrons. The molecule has 2 heterocycles. The molecular formula is C19H25N4O3S2+. The van der Waals surface area contributed by atoms with Crippen molar-refractivity contribution in [2.45, 2.75) is 57.2 Å². The number of fused-ring (bicyclic) bond motifs is 1. The minimum Gasteiger partial charge on any atom is -0.316 e. The van der Waals surface area contributed by atoms with Crippen LogP contribution in [-0.2, 0) is 24.7 Å². The van der Waals surface area contributed by atoms with Gasteiger partial charge in [-0.1, -0.05) is 25.5 Å². The first-order valence-corrected chi connectivity index (χ1v) is 10.9. The van der Waals surface area contributed by atoms with Gasteiger partial charge in [-0.15, -0.1) is 11.3 Å². The fourth-order valence-electron chi connectivity index (χ4n) is 3.43. The average molecular weight is 422 g/mol. The number of thiophene rings is 1. The SMILES string of the molecule is CC(Sc1c(=O)o[nH][n+]1C)C(=O)Nc1sc2c(c1C#N)CCC(C(C)(C)C)C2. The summed E-state index contributed by atoms with van der Waals surface area (Å²) in [6.07, 6.45) is 2.87. The normalized spacial score (nSPS) is 17.6. The van der Waals surface area contributed by atoms with Crippen molar-refractivity contribution in [3.05, 3.63) is 26.4 Å². The van der Waals surface area contributed by atoms with E-state index in [0.29, 0.717) is 21.5 Å². The number of nitrogens with zero attached hydrogens (tertiary/aromatic N) is 2. The number of hydrogen-bond acceptors (Lipinski definition) is 6. The van der Waals surface area contributed by atoms with E-state index in [1.54, 1.807) is 14.0 Å². The van der Waals surface area contributed by atoms with Gasteiger partial charge in [-0.3, -0.25) is 9.32 Å². The minimum atomic E-state index is -0.516. The summed E-state index contributed by atoms with van der Waals surface area (Å²) in [5, 5.41) is 15.4. The third kappa shape index (κ3) is 4.03. The Balaban J connectivity index is 1.78. The van der Waals surface area contributed by atoms with E-state index in [2.05, 4.69) is 37.4 Å². The van der Waals surface area contributed by atoms with Gasteiger partial charge in [-0.25, -0.2) is 4.79 Å². The zero-order chi connectivity index (χ0) is 20.6. The summed E-state index contributed by atoms with van der Waals surface area (Å²) in [5.41, 5.74) is 1.38. The van der Waals surface area contributed by atoms with Crippen molar-refractivity contribution < 1.29 is 14.0 Å². The number of carbonyl (C=O) groups is 1. The van der Waals surface area contributed by atoms with Crippen molar-refractivity contribution in [1.82, 2.24) is 5.27 Å². The van der Waals surface area contributed by atoms with E-state index in [0.717, 1.165) is 36.6 Å². The summed E-state index contributed by atoms with van der Waals surface area (Å²) < 4.78 is 6.15. The topological polar surface area (TPSA) is 103 Å². The summed E-state index contributed by atoms with van der Waals surface area (Å²) in [4.78, 5) is 25.6. The molecule has 0 aliphatic heterocycles. The zero-order valence-corrected chi connectivity index (χ0v) is 18.3. The Bertz CT molecular complexity index is 990. The Kier molecular flexibility index (Phi) is 5.73. The molecule has 1 aliphatic rings. The third-order valence-corrected chi connectivity index (χ3v) is 7.65. The molecule has 2 N–H and O–H groups in total. The fourth-order valence-corrected chi connectivity index (χ4v) is 5.54. The summed E-state index contributed by atoms with van der Waals surface area (Å²) in [7, 11) is 1.64. The molecule has 0 spiro atoms. The minimum absolute atomic E-state index is 0.218. The van der Waals surface area contributed by atoms with Gasteiger partial charge in [-0.2, -0.15) is 5.26 Å². The Morgan fingerprint density at radius 1 is 1.50 bits per heavy atom. The average Bonchev–Trinajstić information content (AvgIpc) is 3.13. The fraction of sp³-hybridized carbons (Fsp3) is 0.579. The van der Waals surface area contributed by atoms with Gasteiger partial charge in [0.2, 0.25) is 5.91 Å². The molecule has 28 heavy (non-hydrogen) atoms. The molecule has 0 bridgehead atoms. The van der Waals surface area contributed by atoms with Crippen molar-refractivity contribution in [2.24, 2.45) is 18.4 Å². The Morgan fingerprint density at radius 2 is 2.21 bits per heavy atom. The van der Waals surface area contributed by atoms with Crippen LogP contribution in [0.3, 0.4) is 0 Å². The number of nitriles is 1. The van der Waals surface area contributed by atoms with Crippen LogP contribution in [0.2, 0.25) is 0 Å². The van der Waals surface area contributed by atoms with E-state index in [1.165, 1.54) is 20.9 Å². The first-order chi connectivity index (χ1) is 13.1. The second kappa shape index (κ2) is 7.76. The van der Waals surface area contributed by atoms with Gasteiger partial charge in [0, 0.05) is 4.88 Å². The van der Waals surface area contributed by atoms with Crippen LogP contribution < -0.4 is 15.6 Å². The summed E-state index contributed by atoms with van der Waals surface area (Å²) >= 11 is 2.63. The monoisotopic (exact) mass is 421 g/mol. The zero-order valence-electron chi connectivity index (χ0n) is 16.7. The van der Waals surface area contributed by atoms with Gasteiger partial charge < -0.3 is 5.32 Å². The van der Waals surface area contributed by atoms with E-state index in [4.69, 9.17) is 4.52 Å². The molecule has 1 aliphatic carbocycles. The van der Waals surface area contributed by atoms with E-state index in [9.17, 15) is 14.9 Å². The highest BCUT2D eigenvalue weighted by molar-refractivity contribution is 8.00. The number of rotatable bonds is 4. The highest BCUT2D eigenvalue weighted by Gasteiger charge is 2.33. The van der Waals surface area contributed by atoms with Crippen LogP contribution in [0.25, 0.3) is 0 Å². The summed E-state index contributed by atoms with van der Waals surface area (Å²) in [6, 6.07) is 2.28. The van der Waals surface area contributed by atoms with E-state index in [1.807, 2.05) is 0 Å². The van der Waals surface area contributed by atoms with Crippen LogP contribution in [-0.4, -0.2) is 16.4 Å². The first-order valence-electron chi connectivity index (χ1n) is 9.21. The molecule has 1 amide bonds. The van der Waals surface area contributed by atoms with Gasteiger partial charge in [0.1, 0.15) is 11.1 Å². The van der Waals surface area contributed by atoms with Crippen LogP contribution in [0.4, 0.5) is 5.00 Å². The highest BCUT2D eigenvalue weighted by Crippen LogP contribution is 2.44. The van der Waals surface area contributed by atoms with Crippen LogP contribution in [0.5, 0.6) is 0 Å². The van der Waals surface area contributed by atoms with Gasteiger partial charge in [0.15, 0.2) is 7.05 Å². The van der Waals surface area contributed by atoms with E-state index < -0.39 is 10.9 Å². The molecule has 7 nitrogen and oxygen atoms in total. The molecule has 0 saturated heterocycles.